The summed E-state index contributed by atoms with van der Waals surface area (Å²) in [5.41, 5.74) is 0. The number of carbonyl (C=O) groups is 2. The highest BCUT2D eigenvalue weighted by Gasteiger charge is 2.18. The summed E-state index contributed by atoms with van der Waals surface area (Å²) in [5.74, 6) is -1.91. The highest BCUT2D eigenvalue weighted by Crippen LogP contribution is 1.93. The summed E-state index contributed by atoms with van der Waals surface area (Å²) in [6.07, 6.45) is 0.110. The van der Waals surface area contributed by atoms with Crippen molar-refractivity contribution in [3.63, 3.8) is 0 Å². The molecule has 0 aliphatic rings. The number of amides is 1. The number of carbonyl (C=O) groups excluding carboxylic acids is 1. The molecule has 9 heteroatoms. The Hall–Kier alpha value is -1.26. The SMILES string of the molecule is O=C(CCCON(O)O)NC(CO)C(=O)O. The van der Waals surface area contributed by atoms with Crippen LogP contribution in [0.2, 0.25) is 0 Å². The Labute approximate surface area is 90.7 Å². The highest BCUT2D eigenvalue weighted by atomic mass is 17.1. The highest BCUT2D eigenvalue weighted by molar-refractivity contribution is 5.83. The molecule has 0 aliphatic carbocycles. The van der Waals surface area contributed by atoms with E-state index in [1.165, 1.54) is 0 Å². The molecule has 94 valence electrons. The van der Waals surface area contributed by atoms with Crippen LogP contribution in [0.15, 0.2) is 0 Å². The van der Waals surface area contributed by atoms with Crippen LogP contribution in [0, 0.1) is 0 Å². The summed E-state index contributed by atoms with van der Waals surface area (Å²) < 4.78 is 0. The van der Waals surface area contributed by atoms with Gasteiger partial charge in [0.05, 0.1) is 18.6 Å². The van der Waals surface area contributed by atoms with Crippen molar-refractivity contribution in [1.82, 2.24) is 10.7 Å². The molecule has 0 saturated heterocycles. The van der Waals surface area contributed by atoms with Gasteiger partial charge in [0.1, 0.15) is 6.04 Å². The van der Waals surface area contributed by atoms with Gasteiger partial charge < -0.3 is 15.5 Å². The summed E-state index contributed by atoms with van der Waals surface area (Å²) in [6.45, 7) is -0.810. The van der Waals surface area contributed by atoms with Gasteiger partial charge in [-0.25, -0.2) is 4.79 Å². The zero-order valence-corrected chi connectivity index (χ0v) is 8.37. The summed E-state index contributed by atoms with van der Waals surface area (Å²) in [6, 6.07) is -1.33. The summed E-state index contributed by atoms with van der Waals surface area (Å²) in [5, 5.41) is 34.9. The fourth-order valence-corrected chi connectivity index (χ4v) is 0.831. The first-order valence-corrected chi connectivity index (χ1v) is 4.41. The standard InChI is InChI=1S/C7H14N2O7/c10-4-5(7(12)13)8-6(11)2-1-3-16-9(14)15/h5,10,14-15H,1-4H2,(H,8,11)(H,12,13). The smallest absolute Gasteiger partial charge is 0.328 e. The molecular formula is C7H14N2O7. The molecule has 5 N–H and O–H groups in total. The van der Waals surface area contributed by atoms with Gasteiger partial charge in [0, 0.05) is 6.42 Å². The first-order chi connectivity index (χ1) is 7.47. The molecule has 0 aromatic rings. The van der Waals surface area contributed by atoms with Crippen LogP contribution < -0.4 is 5.32 Å². The molecule has 1 amide bonds. The Balaban J connectivity index is 3.69. The van der Waals surface area contributed by atoms with E-state index in [1.54, 1.807) is 0 Å². The van der Waals surface area contributed by atoms with Crippen LogP contribution in [-0.2, 0) is 14.4 Å². The molecular weight excluding hydrogens is 224 g/mol. The Morgan fingerprint density at radius 1 is 1.38 bits per heavy atom. The number of hydrogen-bond donors (Lipinski definition) is 5. The van der Waals surface area contributed by atoms with E-state index >= 15 is 0 Å². The lowest BCUT2D eigenvalue weighted by molar-refractivity contribution is -0.492. The summed E-state index contributed by atoms with van der Waals surface area (Å²) in [4.78, 5) is 25.7. The second kappa shape index (κ2) is 7.96. The number of carboxylic acids is 1. The molecule has 0 heterocycles. The Bertz CT molecular complexity index is 233. The predicted molar refractivity (Wildman–Crippen MR) is 47.3 cm³/mol. The minimum atomic E-state index is -1.33. The molecule has 9 nitrogen and oxygen atoms in total. The molecule has 1 unspecified atom stereocenters. The summed E-state index contributed by atoms with van der Waals surface area (Å²) >= 11 is 0. The first kappa shape index (κ1) is 14.7. The van der Waals surface area contributed by atoms with Gasteiger partial charge in [0.2, 0.25) is 5.91 Å². The average molecular weight is 238 g/mol. The number of aliphatic carboxylic acids is 1. The minimum Gasteiger partial charge on any atom is -0.480 e. The Kier molecular flexibility index (Phi) is 7.33. The molecule has 0 bridgehead atoms. The van der Waals surface area contributed by atoms with Crippen LogP contribution in [0.3, 0.4) is 0 Å². The van der Waals surface area contributed by atoms with E-state index in [2.05, 4.69) is 10.2 Å². The van der Waals surface area contributed by atoms with Gasteiger partial charge in [0.15, 0.2) is 0 Å². The van der Waals surface area contributed by atoms with E-state index in [-0.39, 0.29) is 19.4 Å². The number of aliphatic hydroxyl groups excluding tert-OH is 1. The summed E-state index contributed by atoms with van der Waals surface area (Å²) in [7, 11) is 0. The van der Waals surface area contributed by atoms with Crippen molar-refractivity contribution < 1.29 is 35.1 Å². The monoisotopic (exact) mass is 238 g/mol. The van der Waals surface area contributed by atoms with E-state index < -0.39 is 29.9 Å². The van der Waals surface area contributed by atoms with Crippen molar-refractivity contribution in [2.24, 2.45) is 0 Å². The largest absolute Gasteiger partial charge is 0.480 e. The molecule has 0 spiro atoms. The zero-order valence-electron chi connectivity index (χ0n) is 8.37. The van der Waals surface area contributed by atoms with E-state index in [1.807, 2.05) is 0 Å². The van der Waals surface area contributed by atoms with Gasteiger partial charge in [-0.1, -0.05) is 0 Å². The van der Waals surface area contributed by atoms with Gasteiger partial charge in [-0.05, 0) is 6.42 Å². The third-order valence-corrected chi connectivity index (χ3v) is 1.57. The molecule has 16 heavy (non-hydrogen) atoms. The van der Waals surface area contributed by atoms with Crippen molar-refractivity contribution >= 4 is 11.9 Å². The molecule has 1 atom stereocenters. The van der Waals surface area contributed by atoms with Gasteiger partial charge in [-0.3, -0.25) is 20.0 Å². The van der Waals surface area contributed by atoms with Crippen LogP contribution in [0.25, 0.3) is 0 Å². The van der Waals surface area contributed by atoms with Crippen molar-refractivity contribution in [2.75, 3.05) is 13.2 Å². The molecule has 0 fully saturated rings. The first-order valence-electron chi connectivity index (χ1n) is 4.41. The third kappa shape index (κ3) is 7.09. The number of nitrogens with zero attached hydrogens (tertiary/aromatic N) is 1. The van der Waals surface area contributed by atoms with E-state index in [0.717, 1.165) is 0 Å². The third-order valence-electron chi connectivity index (χ3n) is 1.57. The average Bonchev–Trinajstić information content (AvgIpc) is 2.20. The van der Waals surface area contributed by atoms with Crippen molar-refractivity contribution in [1.29, 1.82) is 0 Å². The topological polar surface area (TPSA) is 140 Å². The fraction of sp³-hybridized carbons (Fsp3) is 0.714. The predicted octanol–water partition coefficient (Wildman–Crippen LogP) is -1.66. The molecule has 0 saturated carbocycles. The maximum atomic E-state index is 11.1. The Morgan fingerprint density at radius 3 is 2.44 bits per heavy atom. The van der Waals surface area contributed by atoms with Crippen LogP contribution in [-0.4, -0.2) is 57.1 Å². The van der Waals surface area contributed by atoms with Gasteiger partial charge >= 0.3 is 5.97 Å². The normalized spacial score (nSPS) is 12.5. The lowest BCUT2D eigenvalue weighted by Crippen LogP contribution is -2.43. The van der Waals surface area contributed by atoms with Crippen LogP contribution in [0.1, 0.15) is 12.8 Å². The lowest BCUT2D eigenvalue weighted by atomic mass is 10.2. The Morgan fingerprint density at radius 2 is 2.00 bits per heavy atom. The van der Waals surface area contributed by atoms with Crippen LogP contribution in [0.5, 0.6) is 0 Å². The van der Waals surface area contributed by atoms with E-state index in [0.29, 0.717) is 0 Å². The lowest BCUT2D eigenvalue weighted by Gasteiger charge is -2.11. The molecule has 0 aromatic carbocycles. The number of rotatable bonds is 8. The van der Waals surface area contributed by atoms with Crippen LogP contribution >= 0.6 is 0 Å². The second-order valence-electron chi connectivity index (χ2n) is 2.83. The molecule has 0 aromatic heterocycles. The molecule has 0 radical (unpaired) electrons. The quantitative estimate of drug-likeness (QED) is 0.250. The number of nitrogens with one attached hydrogen (secondary N) is 1. The number of carboxylic acid groups (broad SMARTS) is 1. The van der Waals surface area contributed by atoms with Gasteiger partial charge in [-0.2, -0.15) is 0 Å². The number of hydrogen-bond acceptors (Lipinski definition) is 7. The van der Waals surface area contributed by atoms with Crippen molar-refractivity contribution in [3.05, 3.63) is 0 Å². The zero-order chi connectivity index (χ0) is 12.6. The van der Waals surface area contributed by atoms with Crippen molar-refractivity contribution in [3.8, 4) is 0 Å². The molecule has 0 rings (SSSR count). The van der Waals surface area contributed by atoms with E-state index in [9.17, 15) is 9.59 Å². The van der Waals surface area contributed by atoms with Gasteiger partial charge in [0.25, 0.3) is 0 Å². The maximum absolute atomic E-state index is 11.1. The maximum Gasteiger partial charge on any atom is 0.328 e. The second-order valence-corrected chi connectivity index (χ2v) is 2.83. The van der Waals surface area contributed by atoms with Crippen molar-refractivity contribution in [2.45, 2.75) is 18.9 Å². The van der Waals surface area contributed by atoms with Gasteiger partial charge in [-0.15, -0.1) is 0 Å². The number of aliphatic hydroxyl groups is 1. The van der Waals surface area contributed by atoms with Crippen LogP contribution in [0.4, 0.5) is 0 Å². The molecule has 0 aliphatic heterocycles. The fourth-order valence-electron chi connectivity index (χ4n) is 0.831. The van der Waals surface area contributed by atoms with E-state index in [4.69, 9.17) is 20.6 Å². The minimum absolute atomic E-state index is 0.0579.